The topological polar surface area (TPSA) is 35.2 Å². The summed E-state index contributed by atoms with van der Waals surface area (Å²) in [6.07, 6.45) is 3.55. The van der Waals surface area contributed by atoms with E-state index in [9.17, 15) is 0 Å². The van der Waals surface area contributed by atoms with Crippen LogP contribution in [0.3, 0.4) is 0 Å². The normalized spacial score (nSPS) is 30.5. The lowest BCUT2D eigenvalue weighted by Gasteiger charge is -2.30. The van der Waals surface area contributed by atoms with Crippen molar-refractivity contribution >= 4 is 0 Å². The Morgan fingerprint density at radius 2 is 2.27 bits per heavy atom. The van der Waals surface area contributed by atoms with Gasteiger partial charge in [-0.1, -0.05) is 25.5 Å². The monoisotopic (exact) mass is 205 g/mol. The van der Waals surface area contributed by atoms with Crippen molar-refractivity contribution in [3.8, 4) is 5.75 Å². The molecule has 2 rings (SSSR count). The molecule has 2 heteroatoms. The molecule has 2 unspecified atom stereocenters. The minimum atomic E-state index is -0.144. The molecule has 15 heavy (non-hydrogen) atoms. The van der Waals surface area contributed by atoms with Crippen LogP contribution in [0.25, 0.3) is 0 Å². The van der Waals surface area contributed by atoms with Gasteiger partial charge >= 0.3 is 0 Å². The molecule has 0 aliphatic heterocycles. The van der Waals surface area contributed by atoms with Gasteiger partial charge in [-0.2, -0.15) is 0 Å². The Kier molecular flexibility index (Phi) is 2.70. The van der Waals surface area contributed by atoms with Crippen molar-refractivity contribution in [3.05, 3.63) is 29.8 Å². The smallest absolute Gasteiger partial charge is 0.119 e. The first-order chi connectivity index (χ1) is 7.16. The van der Waals surface area contributed by atoms with Gasteiger partial charge in [0, 0.05) is 5.54 Å². The third-order valence-electron chi connectivity index (χ3n) is 3.71. The molecule has 0 amide bonds. The quantitative estimate of drug-likeness (QED) is 0.805. The van der Waals surface area contributed by atoms with E-state index >= 15 is 0 Å². The van der Waals surface area contributed by atoms with Crippen molar-refractivity contribution in [2.45, 2.75) is 31.7 Å². The first-order valence-electron chi connectivity index (χ1n) is 5.60. The predicted molar refractivity (Wildman–Crippen MR) is 61.9 cm³/mol. The van der Waals surface area contributed by atoms with Crippen LogP contribution >= 0.6 is 0 Å². The van der Waals surface area contributed by atoms with Crippen molar-refractivity contribution < 1.29 is 4.74 Å². The molecule has 1 fully saturated rings. The second-order valence-corrected chi connectivity index (χ2v) is 4.57. The molecule has 0 saturated heterocycles. The largest absolute Gasteiger partial charge is 0.497 e. The van der Waals surface area contributed by atoms with Crippen LogP contribution in [-0.4, -0.2) is 7.11 Å². The van der Waals surface area contributed by atoms with Gasteiger partial charge in [0.15, 0.2) is 0 Å². The highest BCUT2D eigenvalue weighted by atomic mass is 16.5. The molecule has 1 aliphatic carbocycles. The van der Waals surface area contributed by atoms with Crippen LogP contribution < -0.4 is 10.5 Å². The Morgan fingerprint density at radius 1 is 1.47 bits per heavy atom. The molecule has 2 N–H and O–H groups in total. The number of rotatable bonds is 2. The van der Waals surface area contributed by atoms with Crippen molar-refractivity contribution in [3.63, 3.8) is 0 Å². The summed E-state index contributed by atoms with van der Waals surface area (Å²) in [5.41, 5.74) is 7.56. The van der Waals surface area contributed by atoms with Crippen molar-refractivity contribution in [2.24, 2.45) is 11.7 Å². The van der Waals surface area contributed by atoms with Gasteiger partial charge < -0.3 is 10.5 Å². The second kappa shape index (κ2) is 3.86. The van der Waals surface area contributed by atoms with Gasteiger partial charge in [-0.25, -0.2) is 0 Å². The average molecular weight is 205 g/mol. The maximum Gasteiger partial charge on any atom is 0.119 e. The lowest BCUT2D eigenvalue weighted by molar-refractivity contribution is 0.346. The van der Waals surface area contributed by atoms with E-state index in [1.54, 1.807) is 7.11 Å². The zero-order chi connectivity index (χ0) is 10.9. The van der Waals surface area contributed by atoms with Crippen LogP contribution in [0.15, 0.2) is 24.3 Å². The number of methoxy groups -OCH3 is 1. The highest BCUT2D eigenvalue weighted by molar-refractivity contribution is 5.34. The summed E-state index contributed by atoms with van der Waals surface area (Å²) in [5.74, 6) is 1.46. The zero-order valence-corrected chi connectivity index (χ0v) is 9.49. The molecule has 2 atom stereocenters. The minimum absolute atomic E-state index is 0.144. The average Bonchev–Trinajstić information content (AvgIpc) is 2.61. The fourth-order valence-electron chi connectivity index (χ4n) is 2.55. The summed E-state index contributed by atoms with van der Waals surface area (Å²) >= 11 is 0. The fourth-order valence-corrected chi connectivity index (χ4v) is 2.55. The zero-order valence-electron chi connectivity index (χ0n) is 9.49. The van der Waals surface area contributed by atoms with E-state index < -0.39 is 0 Å². The van der Waals surface area contributed by atoms with E-state index in [0.717, 1.165) is 12.2 Å². The summed E-state index contributed by atoms with van der Waals surface area (Å²) in [7, 11) is 1.69. The van der Waals surface area contributed by atoms with Crippen molar-refractivity contribution in [1.82, 2.24) is 0 Å². The van der Waals surface area contributed by atoms with E-state index in [4.69, 9.17) is 10.5 Å². The van der Waals surface area contributed by atoms with Crippen molar-refractivity contribution in [2.75, 3.05) is 7.11 Å². The molecule has 0 spiro atoms. The number of ether oxygens (including phenoxy) is 1. The number of nitrogens with two attached hydrogens (primary N) is 1. The summed E-state index contributed by atoms with van der Waals surface area (Å²) in [4.78, 5) is 0. The summed E-state index contributed by atoms with van der Waals surface area (Å²) in [6.45, 7) is 2.24. The highest BCUT2D eigenvalue weighted by Gasteiger charge is 2.37. The molecule has 0 bridgehead atoms. The van der Waals surface area contributed by atoms with Gasteiger partial charge in [0.2, 0.25) is 0 Å². The minimum Gasteiger partial charge on any atom is -0.497 e. The van der Waals surface area contributed by atoms with E-state index in [0.29, 0.717) is 5.92 Å². The van der Waals surface area contributed by atoms with Gasteiger partial charge in [-0.05, 0) is 36.5 Å². The van der Waals surface area contributed by atoms with Crippen LogP contribution in [-0.2, 0) is 5.54 Å². The Labute approximate surface area is 91.4 Å². The molecule has 1 aromatic rings. The Bertz CT molecular complexity index is 350. The summed E-state index contributed by atoms with van der Waals surface area (Å²) in [6, 6.07) is 8.17. The SMILES string of the molecule is COc1cccc(C2(N)CCCC2C)c1. The number of hydrogen-bond acceptors (Lipinski definition) is 2. The second-order valence-electron chi connectivity index (χ2n) is 4.57. The summed E-state index contributed by atoms with van der Waals surface area (Å²) < 4.78 is 5.24. The molecule has 1 saturated carbocycles. The van der Waals surface area contributed by atoms with E-state index in [1.165, 1.54) is 18.4 Å². The molecule has 1 aromatic carbocycles. The molecule has 0 heterocycles. The summed E-state index contributed by atoms with van der Waals surface area (Å²) in [5, 5.41) is 0. The fraction of sp³-hybridized carbons (Fsp3) is 0.538. The van der Waals surface area contributed by atoms with Gasteiger partial charge in [-0.3, -0.25) is 0 Å². The molecule has 0 aromatic heterocycles. The lowest BCUT2D eigenvalue weighted by atomic mass is 9.82. The van der Waals surface area contributed by atoms with E-state index in [1.807, 2.05) is 12.1 Å². The first-order valence-corrected chi connectivity index (χ1v) is 5.60. The maximum atomic E-state index is 6.49. The lowest BCUT2D eigenvalue weighted by Crippen LogP contribution is -2.38. The molecule has 0 radical (unpaired) electrons. The van der Waals surface area contributed by atoms with Crippen LogP contribution in [0.5, 0.6) is 5.75 Å². The molecular formula is C13H19NO. The molecule has 2 nitrogen and oxygen atoms in total. The predicted octanol–water partition coefficient (Wildman–Crippen LogP) is 2.67. The maximum absolute atomic E-state index is 6.49. The van der Waals surface area contributed by atoms with Gasteiger partial charge in [0.1, 0.15) is 5.75 Å². The van der Waals surface area contributed by atoms with E-state index in [-0.39, 0.29) is 5.54 Å². The third kappa shape index (κ3) is 1.74. The highest BCUT2D eigenvalue weighted by Crippen LogP contribution is 2.41. The Balaban J connectivity index is 2.35. The van der Waals surface area contributed by atoms with Crippen molar-refractivity contribution in [1.29, 1.82) is 0 Å². The first kappa shape index (κ1) is 10.5. The standard InChI is InChI=1S/C13H19NO/c1-10-5-4-8-13(10,14)11-6-3-7-12(9-11)15-2/h3,6-7,9-10H,4-5,8,14H2,1-2H3. The van der Waals surface area contributed by atoms with Crippen LogP contribution in [0.1, 0.15) is 31.7 Å². The number of benzene rings is 1. The molecule has 82 valence electrons. The molecular weight excluding hydrogens is 186 g/mol. The number of hydrogen-bond donors (Lipinski definition) is 1. The Morgan fingerprint density at radius 3 is 2.87 bits per heavy atom. The van der Waals surface area contributed by atoms with Crippen LogP contribution in [0, 0.1) is 5.92 Å². The Hall–Kier alpha value is -1.02. The van der Waals surface area contributed by atoms with Crippen LogP contribution in [0.2, 0.25) is 0 Å². The third-order valence-corrected chi connectivity index (χ3v) is 3.71. The van der Waals surface area contributed by atoms with Crippen LogP contribution in [0.4, 0.5) is 0 Å². The van der Waals surface area contributed by atoms with Gasteiger partial charge in [-0.15, -0.1) is 0 Å². The van der Waals surface area contributed by atoms with E-state index in [2.05, 4.69) is 19.1 Å². The van der Waals surface area contributed by atoms with Gasteiger partial charge in [0.05, 0.1) is 7.11 Å². The van der Waals surface area contributed by atoms with Gasteiger partial charge in [0.25, 0.3) is 0 Å². The molecule has 1 aliphatic rings.